The predicted octanol–water partition coefficient (Wildman–Crippen LogP) is 2.99. The van der Waals surface area contributed by atoms with Crippen LogP contribution in [0, 0.1) is 0 Å². The highest BCUT2D eigenvalue weighted by atomic mass is 16.5. The molecule has 2 amide bonds. The molecule has 0 radical (unpaired) electrons. The van der Waals surface area contributed by atoms with Gasteiger partial charge in [-0.1, -0.05) is 0 Å². The lowest BCUT2D eigenvalue weighted by molar-refractivity contribution is -0.131. The van der Waals surface area contributed by atoms with E-state index < -0.39 is 5.97 Å². The molecule has 0 atom stereocenters. The van der Waals surface area contributed by atoms with E-state index in [0.717, 1.165) is 18.7 Å². The fourth-order valence-electron chi connectivity index (χ4n) is 2.69. The second kappa shape index (κ2) is 7.17. The molecule has 6 nitrogen and oxygen atoms in total. The quantitative estimate of drug-likeness (QED) is 0.687. The number of carbonyl (C=O) groups is 3. The number of carbonyl (C=O) groups excluding carboxylic acids is 3. The molecular weight excluding hydrogens is 320 g/mol. The lowest BCUT2D eigenvalue weighted by atomic mass is 10.2. The van der Waals surface area contributed by atoms with Gasteiger partial charge in [-0.15, -0.1) is 0 Å². The van der Waals surface area contributed by atoms with Crippen LogP contribution in [0.2, 0.25) is 0 Å². The molecular formula is C19H18N2O4. The first kappa shape index (κ1) is 16.7. The van der Waals surface area contributed by atoms with E-state index in [1.807, 2.05) is 12.1 Å². The maximum absolute atomic E-state index is 12.3. The smallest absolute Gasteiger partial charge is 0.308 e. The highest BCUT2D eigenvalue weighted by Gasteiger charge is 2.21. The van der Waals surface area contributed by atoms with Crippen LogP contribution in [-0.4, -0.2) is 24.3 Å². The van der Waals surface area contributed by atoms with Crippen LogP contribution in [0.3, 0.4) is 0 Å². The first-order chi connectivity index (χ1) is 12.0. The second-order valence-electron chi connectivity index (χ2n) is 5.77. The number of anilines is 2. The number of esters is 1. The summed E-state index contributed by atoms with van der Waals surface area (Å²) in [6, 6.07) is 13.5. The molecule has 0 aliphatic carbocycles. The number of benzene rings is 2. The van der Waals surface area contributed by atoms with E-state index >= 15 is 0 Å². The number of hydrogen-bond donors (Lipinski definition) is 1. The molecule has 1 heterocycles. The van der Waals surface area contributed by atoms with Crippen LogP contribution in [0.5, 0.6) is 5.75 Å². The summed E-state index contributed by atoms with van der Waals surface area (Å²) in [5, 5.41) is 2.80. The molecule has 128 valence electrons. The van der Waals surface area contributed by atoms with Crippen molar-refractivity contribution in [3.8, 4) is 5.75 Å². The molecule has 6 heteroatoms. The van der Waals surface area contributed by atoms with Crippen LogP contribution in [0.1, 0.15) is 30.1 Å². The Kier molecular flexibility index (Phi) is 4.79. The van der Waals surface area contributed by atoms with Gasteiger partial charge in [-0.3, -0.25) is 14.4 Å². The lowest BCUT2D eigenvalue weighted by Gasteiger charge is -2.16. The van der Waals surface area contributed by atoms with Crippen molar-refractivity contribution in [2.45, 2.75) is 19.8 Å². The first-order valence-electron chi connectivity index (χ1n) is 8.03. The van der Waals surface area contributed by atoms with E-state index in [2.05, 4.69) is 5.32 Å². The summed E-state index contributed by atoms with van der Waals surface area (Å²) in [6.45, 7) is 2.05. The van der Waals surface area contributed by atoms with Gasteiger partial charge in [0.05, 0.1) is 0 Å². The van der Waals surface area contributed by atoms with Gasteiger partial charge in [0.15, 0.2) is 0 Å². The van der Waals surface area contributed by atoms with Crippen molar-refractivity contribution in [3.63, 3.8) is 0 Å². The number of nitrogens with zero attached hydrogens (tertiary/aromatic N) is 1. The van der Waals surface area contributed by atoms with E-state index in [9.17, 15) is 14.4 Å². The molecule has 1 saturated heterocycles. The van der Waals surface area contributed by atoms with Crippen LogP contribution in [0.15, 0.2) is 48.5 Å². The Labute approximate surface area is 145 Å². The van der Waals surface area contributed by atoms with Crippen molar-refractivity contribution in [2.75, 3.05) is 16.8 Å². The summed E-state index contributed by atoms with van der Waals surface area (Å²) in [5.41, 5.74) is 1.94. The molecule has 0 unspecified atom stereocenters. The minimum Gasteiger partial charge on any atom is -0.427 e. The van der Waals surface area contributed by atoms with Crippen molar-refractivity contribution in [1.82, 2.24) is 0 Å². The Balaban J connectivity index is 1.64. The summed E-state index contributed by atoms with van der Waals surface area (Å²) >= 11 is 0. The molecule has 25 heavy (non-hydrogen) atoms. The van der Waals surface area contributed by atoms with Gasteiger partial charge >= 0.3 is 5.97 Å². The van der Waals surface area contributed by atoms with Crippen molar-refractivity contribution < 1.29 is 19.1 Å². The van der Waals surface area contributed by atoms with E-state index in [1.54, 1.807) is 41.3 Å². The molecule has 1 aliphatic heterocycles. The molecule has 2 aromatic rings. The fourth-order valence-corrected chi connectivity index (χ4v) is 2.69. The van der Waals surface area contributed by atoms with Gasteiger partial charge in [0.2, 0.25) is 5.91 Å². The summed E-state index contributed by atoms with van der Waals surface area (Å²) in [6.07, 6.45) is 1.46. The summed E-state index contributed by atoms with van der Waals surface area (Å²) in [5.74, 6) is -0.151. The van der Waals surface area contributed by atoms with Crippen LogP contribution in [0.25, 0.3) is 0 Å². The van der Waals surface area contributed by atoms with Gasteiger partial charge < -0.3 is 15.0 Å². The largest absolute Gasteiger partial charge is 0.427 e. The van der Waals surface area contributed by atoms with Crippen molar-refractivity contribution in [2.24, 2.45) is 0 Å². The van der Waals surface area contributed by atoms with Gasteiger partial charge in [-0.2, -0.15) is 0 Å². The first-order valence-corrected chi connectivity index (χ1v) is 8.03. The molecule has 0 spiro atoms. The second-order valence-corrected chi connectivity index (χ2v) is 5.77. The Bertz CT molecular complexity index is 797. The number of rotatable bonds is 4. The zero-order chi connectivity index (χ0) is 17.8. The Hall–Kier alpha value is -3.15. The maximum atomic E-state index is 12.3. The molecule has 0 aromatic heterocycles. The number of hydrogen-bond acceptors (Lipinski definition) is 4. The van der Waals surface area contributed by atoms with Gasteiger partial charge in [-0.05, 0) is 55.0 Å². The molecule has 0 saturated carbocycles. The van der Waals surface area contributed by atoms with Crippen molar-refractivity contribution >= 4 is 29.2 Å². The van der Waals surface area contributed by atoms with Gasteiger partial charge in [0, 0.05) is 36.8 Å². The average Bonchev–Trinajstić information content (AvgIpc) is 3.02. The van der Waals surface area contributed by atoms with E-state index in [-0.39, 0.29) is 11.8 Å². The molecule has 1 fully saturated rings. The Morgan fingerprint density at radius 2 is 1.72 bits per heavy atom. The van der Waals surface area contributed by atoms with Crippen LogP contribution in [-0.2, 0) is 9.59 Å². The van der Waals surface area contributed by atoms with E-state index in [4.69, 9.17) is 4.74 Å². The summed E-state index contributed by atoms with van der Waals surface area (Å²) in [4.78, 5) is 36.6. The topological polar surface area (TPSA) is 75.7 Å². The van der Waals surface area contributed by atoms with Crippen LogP contribution < -0.4 is 15.0 Å². The van der Waals surface area contributed by atoms with E-state index in [0.29, 0.717) is 23.4 Å². The van der Waals surface area contributed by atoms with E-state index in [1.165, 1.54) is 6.92 Å². The predicted molar refractivity (Wildman–Crippen MR) is 93.7 cm³/mol. The van der Waals surface area contributed by atoms with Gasteiger partial charge in [0.1, 0.15) is 5.75 Å². The highest BCUT2D eigenvalue weighted by molar-refractivity contribution is 6.04. The summed E-state index contributed by atoms with van der Waals surface area (Å²) < 4.78 is 4.94. The normalized spacial score (nSPS) is 13.6. The minimum atomic E-state index is -0.409. The number of nitrogens with one attached hydrogen (secondary N) is 1. The molecule has 1 N–H and O–H groups in total. The third-order valence-corrected chi connectivity index (χ3v) is 3.89. The minimum absolute atomic E-state index is 0.129. The molecule has 3 rings (SSSR count). The van der Waals surface area contributed by atoms with Gasteiger partial charge in [0.25, 0.3) is 5.91 Å². The van der Waals surface area contributed by atoms with Gasteiger partial charge in [-0.25, -0.2) is 0 Å². The lowest BCUT2D eigenvalue weighted by Crippen LogP contribution is -2.23. The third kappa shape index (κ3) is 4.03. The summed E-state index contributed by atoms with van der Waals surface area (Å²) in [7, 11) is 0. The molecule has 1 aliphatic rings. The van der Waals surface area contributed by atoms with Crippen LogP contribution in [0.4, 0.5) is 11.4 Å². The fraction of sp³-hybridized carbons (Fsp3) is 0.211. The SMILES string of the molecule is CC(=O)Oc1ccc(C(=O)Nc2ccc(N3CCCC3=O)cc2)cc1. The zero-order valence-electron chi connectivity index (χ0n) is 13.8. The average molecular weight is 338 g/mol. The monoisotopic (exact) mass is 338 g/mol. The van der Waals surface area contributed by atoms with Crippen LogP contribution >= 0.6 is 0 Å². The number of amides is 2. The highest BCUT2D eigenvalue weighted by Crippen LogP contribution is 2.23. The third-order valence-electron chi connectivity index (χ3n) is 3.89. The molecule has 0 bridgehead atoms. The zero-order valence-corrected chi connectivity index (χ0v) is 13.8. The van der Waals surface area contributed by atoms with Crippen molar-refractivity contribution in [3.05, 3.63) is 54.1 Å². The van der Waals surface area contributed by atoms with Crippen molar-refractivity contribution in [1.29, 1.82) is 0 Å². The maximum Gasteiger partial charge on any atom is 0.308 e. The standard InChI is InChI=1S/C19H18N2O4/c1-13(22)25-17-10-4-14(5-11-17)19(24)20-15-6-8-16(9-7-15)21-12-2-3-18(21)23/h4-11H,2-3,12H2,1H3,(H,20,24). The number of ether oxygens (including phenoxy) is 1. The molecule has 2 aromatic carbocycles. The Morgan fingerprint density at radius 3 is 2.28 bits per heavy atom. The Morgan fingerprint density at radius 1 is 1.04 bits per heavy atom.